The van der Waals surface area contributed by atoms with Crippen LogP contribution in [0.4, 0.5) is 16.3 Å². The average Bonchev–Trinajstić information content (AvgIpc) is 2.89. The molecule has 0 aliphatic carbocycles. The van der Waals surface area contributed by atoms with E-state index in [1.807, 2.05) is 23.1 Å². The van der Waals surface area contributed by atoms with Gasteiger partial charge in [0, 0.05) is 69.7 Å². The van der Waals surface area contributed by atoms with Crippen molar-refractivity contribution in [2.75, 3.05) is 69.2 Å². The highest BCUT2D eigenvalue weighted by molar-refractivity contribution is 5.97. The number of rotatable bonds is 6. The van der Waals surface area contributed by atoms with E-state index in [0.29, 0.717) is 50.6 Å². The molecule has 34 heavy (non-hydrogen) atoms. The van der Waals surface area contributed by atoms with Crippen LogP contribution in [0.25, 0.3) is 0 Å². The molecule has 10 heteroatoms. The predicted molar refractivity (Wildman–Crippen MR) is 128 cm³/mol. The molecule has 2 aliphatic rings. The molecule has 4 amide bonds. The number of pyridine rings is 1. The van der Waals surface area contributed by atoms with Crippen molar-refractivity contribution in [3.8, 4) is 0 Å². The number of aromatic nitrogens is 1. The van der Waals surface area contributed by atoms with Crippen LogP contribution in [0.1, 0.15) is 16.8 Å². The molecule has 0 radical (unpaired) electrons. The topological polar surface area (TPSA) is 107 Å². The van der Waals surface area contributed by atoms with Gasteiger partial charge < -0.3 is 30.1 Å². The molecular weight excluding hydrogens is 436 g/mol. The molecule has 3 heterocycles. The standard InChI is InChI=1S/C24H30N6O4/c31-22(29-12-10-28(11-13-29)21-6-1-2-8-25-21)7-9-26-24(33)27-20-5-3-4-19(18-20)23(32)30-14-16-34-17-15-30/h1-6,8,18H,7,9-17H2,(H2,26,27,33). The Labute approximate surface area is 198 Å². The zero-order valence-corrected chi connectivity index (χ0v) is 19.1. The molecule has 0 atom stereocenters. The van der Waals surface area contributed by atoms with E-state index in [4.69, 9.17) is 4.74 Å². The molecule has 2 N–H and O–H groups in total. The third-order valence-electron chi connectivity index (χ3n) is 5.90. The summed E-state index contributed by atoms with van der Waals surface area (Å²) in [4.78, 5) is 47.5. The summed E-state index contributed by atoms with van der Waals surface area (Å²) < 4.78 is 5.29. The molecule has 0 unspecified atom stereocenters. The van der Waals surface area contributed by atoms with E-state index >= 15 is 0 Å². The number of ether oxygens (including phenoxy) is 1. The van der Waals surface area contributed by atoms with Crippen LogP contribution in [-0.2, 0) is 9.53 Å². The van der Waals surface area contributed by atoms with E-state index in [9.17, 15) is 14.4 Å². The third kappa shape index (κ3) is 6.22. The zero-order chi connectivity index (χ0) is 23.8. The summed E-state index contributed by atoms with van der Waals surface area (Å²) in [7, 11) is 0. The molecule has 2 aliphatic heterocycles. The Balaban J connectivity index is 1.18. The molecule has 180 valence electrons. The molecular formula is C24H30N6O4. The van der Waals surface area contributed by atoms with Crippen LogP contribution < -0.4 is 15.5 Å². The van der Waals surface area contributed by atoms with Crippen molar-refractivity contribution in [3.05, 3.63) is 54.2 Å². The van der Waals surface area contributed by atoms with Gasteiger partial charge in [-0.15, -0.1) is 0 Å². The predicted octanol–water partition coefficient (Wildman–Crippen LogP) is 1.41. The SMILES string of the molecule is O=C(NCCC(=O)N1CCN(c2ccccn2)CC1)Nc1cccc(C(=O)N2CCOCC2)c1. The molecule has 2 fully saturated rings. The summed E-state index contributed by atoms with van der Waals surface area (Å²) in [5.41, 5.74) is 1.04. The van der Waals surface area contributed by atoms with Gasteiger partial charge in [0.25, 0.3) is 5.91 Å². The van der Waals surface area contributed by atoms with Gasteiger partial charge >= 0.3 is 6.03 Å². The lowest BCUT2D eigenvalue weighted by Gasteiger charge is -2.35. The number of hydrogen-bond donors (Lipinski definition) is 2. The first-order chi connectivity index (χ1) is 16.6. The largest absolute Gasteiger partial charge is 0.378 e. The van der Waals surface area contributed by atoms with Gasteiger partial charge in [0.2, 0.25) is 5.91 Å². The Morgan fingerprint density at radius 2 is 1.71 bits per heavy atom. The van der Waals surface area contributed by atoms with Crippen LogP contribution >= 0.6 is 0 Å². The number of morpholine rings is 1. The van der Waals surface area contributed by atoms with Crippen LogP contribution in [0.15, 0.2) is 48.7 Å². The van der Waals surface area contributed by atoms with Gasteiger partial charge in [0.15, 0.2) is 0 Å². The number of amides is 4. The van der Waals surface area contributed by atoms with Crippen LogP contribution in [0, 0.1) is 0 Å². The molecule has 1 aromatic heterocycles. The summed E-state index contributed by atoms with van der Waals surface area (Å²) in [6, 6.07) is 12.2. The Kier molecular flexibility index (Phi) is 7.92. The number of nitrogens with one attached hydrogen (secondary N) is 2. The second-order valence-electron chi connectivity index (χ2n) is 8.17. The first kappa shape index (κ1) is 23.5. The van der Waals surface area contributed by atoms with E-state index < -0.39 is 6.03 Å². The fourth-order valence-corrected chi connectivity index (χ4v) is 4.02. The second kappa shape index (κ2) is 11.5. The van der Waals surface area contributed by atoms with Crippen molar-refractivity contribution >= 4 is 29.4 Å². The number of urea groups is 1. The number of anilines is 2. The number of benzene rings is 1. The van der Waals surface area contributed by atoms with E-state index in [-0.39, 0.29) is 24.8 Å². The summed E-state index contributed by atoms with van der Waals surface area (Å²) >= 11 is 0. The van der Waals surface area contributed by atoms with E-state index in [0.717, 1.165) is 18.9 Å². The normalized spacial score (nSPS) is 16.2. The summed E-state index contributed by atoms with van der Waals surface area (Å²) in [6.45, 7) is 5.14. The van der Waals surface area contributed by atoms with Gasteiger partial charge in [-0.25, -0.2) is 9.78 Å². The monoisotopic (exact) mass is 466 g/mol. The fraction of sp³-hybridized carbons (Fsp3) is 0.417. The van der Waals surface area contributed by atoms with Crippen LogP contribution in [0.3, 0.4) is 0 Å². The second-order valence-corrected chi connectivity index (χ2v) is 8.17. The number of piperazine rings is 1. The lowest BCUT2D eigenvalue weighted by atomic mass is 10.1. The molecule has 1 aromatic carbocycles. The summed E-state index contributed by atoms with van der Waals surface area (Å²) in [5.74, 6) is 0.851. The van der Waals surface area contributed by atoms with Gasteiger partial charge in [0.05, 0.1) is 13.2 Å². The molecule has 2 aromatic rings. The number of carbonyl (C=O) groups excluding carboxylic acids is 3. The smallest absolute Gasteiger partial charge is 0.319 e. The fourth-order valence-electron chi connectivity index (χ4n) is 4.02. The highest BCUT2D eigenvalue weighted by atomic mass is 16.5. The number of carbonyl (C=O) groups is 3. The first-order valence-corrected chi connectivity index (χ1v) is 11.6. The Bertz CT molecular complexity index is 988. The maximum Gasteiger partial charge on any atom is 0.319 e. The molecule has 0 spiro atoms. The van der Waals surface area contributed by atoms with Gasteiger partial charge in [-0.05, 0) is 30.3 Å². The molecule has 0 bridgehead atoms. The van der Waals surface area contributed by atoms with Gasteiger partial charge in [-0.2, -0.15) is 0 Å². The number of hydrogen-bond acceptors (Lipinski definition) is 6. The molecule has 2 saturated heterocycles. The van der Waals surface area contributed by atoms with E-state index in [1.165, 1.54) is 0 Å². The lowest BCUT2D eigenvalue weighted by Crippen LogP contribution is -2.49. The van der Waals surface area contributed by atoms with Crippen molar-refractivity contribution in [1.29, 1.82) is 0 Å². The molecule has 4 rings (SSSR count). The van der Waals surface area contributed by atoms with Gasteiger partial charge in [-0.3, -0.25) is 9.59 Å². The Morgan fingerprint density at radius 1 is 0.912 bits per heavy atom. The van der Waals surface area contributed by atoms with Crippen molar-refractivity contribution in [2.45, 2.75) is 6.42 Å². The quantitative estimate of drug-likeness (QED) is 0.667. The van der Waals surface area contributed by atoms with Crippen molar-refractivity contribution in [2.24, 2.45) is 0 Å². The van der Waals surface area contributed by atoms with Crippen LogP contribution in [0.2, 0.25) is 0 Å². The average molecular weight is 467 g/mol. The minimum atomic E-state index is -0.413. The van der Waals surface area contributed by atoms with Crippen molar-refractivity contribution < 1.29 is 19.1 Å². The highest BCUT2D eigenvalue weighted by Gasteiger charge is 2.22. The van der Waals surface area contributed by atoms with Crippen LogP contribution in [-0.4, -0.2) is 91.7 Å². The maximum absolute atomic E-state index is 12.6. The van der Waals surface area contributed by atoms with E-state index in [2.05, 4.69) is 20.5 Å². The van der Waals surface area contributed by atoms with Crippen LogP contribution in [0.5, 0.6) is 0 Å². The Morgan fingerprint density at radius 3 is 2.44 bits per heavy atom. The Hall–Kier alpha value is -3.66. The summed E-state index contributed by atoms with van der Waals surface area (Å²) in [6.07, 6.45) is 1.99. The minimum Gasteiger partial charge on any atom is -0.378 e. The van der Waals surface area contributed by atoms with Gasteiger partial charge in [0.1, 0.15) is 5.82 Å². The highest BCUT2D eigenvalue weighted by Crippen LogP contribution is 2.15. The van der Waals surface area contributed by atoms with Gasteiger partial charge in [-0.1, -0.05) is 12.1 Å². The first-order valence-electron chi connectivity index (χ1n) is 11.6. The number of nitrogens with zero attached hydrogens (tertiary/aromatic N) is 4. The molecule has 10 nitrogen and oxygen atoms in total. The summed E-state index contributed by atoms with van der Waals surface area (Å²) in [5, 5.41) is 5.45. The lowest BCUT2D eigenvalue weighted by molar-refractivity contribution is -0.131. The minimum absolute atomic E-state index is 0.0130. The van der Waals surface area contributed by atoms with Crippen molar-refractivity contribution in [1.82, 2.24) is 20.1 Å². The molecule has 0 saturated carbocycles. The maximum atomic E-state index is 12.6. The van der Waals surface area contributed by atoms with E-state index in [1.54, 1.807) is 35.4 Å². The van der Waals surface area contributed by atoms with Crippen molar-refractivity contribution in [3.63, 3.8) is 0 Å². The third-order valence-corrected chi connectivity index (χ3v) is 5.90. The zero-order valence-electron chi connectivity index (χ0n) is 19.1.